The molecule has 1 rings (SSSR count). The van der Waals surface area contributed by atoms with Crippen LogP contribution in [-0.4, -0.2) is 16.4 Å². The van der Waals surface area contributed by atoms with Crippen LogP contribution < -0.4 is 0 Å². The molecule has 1 fully saturated rings. The van der Waals surface area contributed by atoms with Crippen molar-refractivity contribution in [3.63, 3.8) is 0 Å². The Hall–Kier alpha value is -0.560. The summed E-state index contributed by atoms with van der Waals surface area (Å²) in [7, 11) is 0. The molecule has 0 aromatic rings. The van der Waals surface area contributed by atoms with Crippen molar-refractivity contribution < 1.29 is 9.53 Å². The van der Waals surface area contributed by atoms with Gasteiger partial charge in [-0.3, -0.25) is 4.79 Å². The van der Waals surface area contributed by atoms with E-state index in [1.165, 1.54) is 0 Å². The van der Waals surface area contributed by atoms with Crippen molar-refractivity contribution in [2.45, 2.75) is 55.9 Å². The molecule has 1 aliphatic rings. The number of nitriles is 1. The molecular weight excluding hydrogens is 258 g/mol. The number of hydrogen-bond acceptors (Lipinski definition) is 3. The largest absolute Gasteiger partial charge is 0.443 e. The lowest BCUT2D eigenvalue weighted by molar-refractivity contribution is -0.156. The van der Waals surface area contributed by atoms with Gasteiger partial charge < -0.3 is 4.74 Å². The van der Waals surface area contributed by atoms with Crippen LogP contribution in [0, 0.1) is 11.3 Å². The van der Waals surface area contributed by atoms with Crippen LogP contribution in [0.2, 0.25) is 0 Å². The molecule has 0 bridgehead atoms. The molecular formula is C11H16BrNO2. The zero-order valence-corrected chi connectivity index (χ0v) is 10.5. The molecule has 84 valence electrons. The highest BCUT2D eigenvalue weighted by Crippen LogP contribution is 2.31. The topological polar surface area (TPSA) is 50.1 Å². The third-order valence-corrected chi connectivity index (χ3v) is 3.80. The predicted octanol–water partition coefficient (Wildman–Crippen LogP) is 2.93. The van der Waals surface area contributed by atoms with Crippen molar-refractivity contribution in [1.29, 1.82) is 5.26 Å². The molecule has 3 nitrogen and oxygen atoms in total. The molecule has 4 heteroatoms. The lowest BCUT2D eigenvalue weighted by Gasteiger charge is -2.30. The molecule has 0 spiro atoms. The monoisotopic (exact) mass is 273 g/mol. The van der Waals surface area contributed by atoms with Crippen molar-refractivity contribution >= 4 is 21.9 Å². The highest BCUT2D eigenvalue weighted by Gasteiger charge is 2.37. The standard InChI is InChI=1S/C11H16BrNO2/c1-2-9(12)10(14)15-11(8-13)6-4-3-5-7-11/h9H,2-7H2,1H3. The molecule has 0 amide bonds. The van der Waals surface area contributed by atoms with Gasteiger partial charge in [-0.15, -0.1) is 0 Å². The molecule has 1 saturated carbocycles. The van der Waals surface area contributed by atoms with E-state index in [9.17, 15) is 4.79 Å². The summed E-state index contributed by atoms with van der Waals surface area (Å²) in [4.78, 5) is 11.3. The van der Waals surface area contributed by atoms with Crippen molar-refractivity contribution in [3.8, 4) is 6.07 Å². The van der Waals surface area contributed by atoms with E-state index in [0.717, 1.165) is 19.3 Å². The van der Waals surface area contributed by atoms with E-state index in [-0.39, 0.29) is 10.8 Å². The number of alkyl halides is 1. The van der Waals surface area contributed by atoms with Crippen molar-refractivity contribution in [3.05, 3.63) is 0 Å². The first-order chi connectivity index (χ1) is 7.13. The molecule has 0 aromatic carbocycles. The van der Waals surface area contributed by atoms with Crippen LogP contribution in [-0.2, 0) is 9.53 Å². The summed E-state index contributed by atoms with van der Waals surface area (Å²) in [6, 6.07) is 2.16. The van der Waals surface area contributed by atoms with Gasteiger partial charge in [0.1, 0.15) is 10.9 Å². The predicted molar refractivity (Wildman–Crippen MR) is 60.5 cm³/mol. The minimum Gasteiger partial charge on any atom is -0.443 e. The van der Waals surface area contributed by atoms with Crippen LogP contribution in [0.25, 0.3) is 0 Å². The second-order valence-electron chi connectivity index (χ2n) is 3.96. The number of hydrogen-bond donors (Lipinski definition) is 0. The van der Waals surface area contributed by atoms with E-state index in [1.807, 2.05) is 6.92 Å². The van der Waals surface area contributed by atoms with E-state index in [1.54, 1.807) is 0 Å². The minimum absolute atomic E-state index is 0.287. The van der Waals surface area contributed by atoms with Crippen LogP contribution in [0.5, 0.6) is 0 Å². The number of nitrogens with zero attached hydrogens (tertiary/aromatic N) is 1. The fraction of sp³-hybridized carbons (Fsp3) is 0.818. The first kappa shape index (κ1) is 12.5. The van der Waals surface area contributed by atoms with Gasteiger partial charge in [0.05, 0.1) is 0 Å². The number of ether oxygens (including phenoxy) is 1. The van der Waals surface area contributed by atoms with Gasteiger partial charge in [0.2, 0.25) is 0 Å². The highest BCUT2D eigenvalue weighted by molar-refractivity contribution is 9.10. The van der Waals surface area contributed by atoms with E-state index in [0.29, 0.717) is 19.3 Å². The third kappa shape index (κ3) is 3.20. The van der Waals surface area contributed by atoms with Crippen LogP contribution in [0.15, 0.2) is 0 Å². The Morgan fingerprint density at radius 2 is 2.13 bits per heavy atom. The van der Waals surface area contributed by atoms with Gasteiger partial charge in [-0.05, 0) is 19.3 Å². The molecule has 0 radical (unpaired) electrons. The fourth-order valence-corrected chi connectivity index (χ4v) is 1.88. The van der Waals surface area contributed by atoms with Gasteiger partial charge in [0, 0.05) is 12.8 Å². The normalized spacial score (nSPS) is 21.4. The average Bonchev–Trinajstić information content (AvgIpc) is 2.29. The zero-order valence-electron chi connectivity index (χ0n) is 8.96. The summed E-state index contributed by atoms with van der Waals surface area (Å²) in [5, 5.41) is 9.10. The Morgan fingerprint density at radius 1 is 1.53 bits per heavy atom. The number of rotatable bonds is 3. The van der Waals surface area contributed by atoms with E-state index >= 15 is 0 Å². The van der Waals surface area contributed by atoms with Crippen molar-refractivity contribution in [2.24, 2.45) is 0 Å². The molecule has 15 heavy (non-hydrogen) atoms. The van der Waals surface area contributed by atoms with Crippen molar-refractivity contribution in [1.82, 2.24) is 0 Å². The Kier molecular flexibility index (Phi) is 4.59. The smallest absolute Gasteiger partial charge is 0.321 e. The van der Waals surface area contributed by atoms with E-state index in [4.69, 9.17) is 10.00 Å². The van der Waals surface area contributed by atoms with Gasteiger partial charge in [-0.2, -0.15) is 5.26 Å². The molecule has 0 N–H and O–H groups in total. The fourth-order valence-electron chi connectivity index (χ4n) is 1.78. The third-order valence-electron chi connectivity index (χ3n) is 2.78. The van der Waals surface area contributed by atoms with Crippen molar-refractivity contribution in [2.75, 3.05) is 0 Å². The number of carbonyl (C=O) groups excluding carboxylic acids is 1. The van der Waals surface area contributed by atoms with Crippen LogP contribution in [0.4, 0.5) is 0 Å². The lowest BCUT2D eigenvalue weighted by Crippen LogP contribution is -2.37. The highest BCUT2D eigenvalue weighted by atomic mass is 79.9. The maximum absolute atomic E-state index is 11.6. The lowest BCUT2D eigenvalue weighted by atomic mass is 9.86. The molecule has 0 saturated heterocycles. The first-order valence-electron chi connectivity index (χ1n) is 5.42. The van der Waals surface area contributed by atoms with E-state index < -0.39 is 5.60 Å². The Bertz CT molecular complexity index is 266. The summed E-state index contributed by atoms with van der Waals surface area (Å²) in [5.74, 6) is -0.305. The Balaban J connectivity index is 2.60. The van der Waals surface area contributed by atoms with Gasteiger partial charge >= 0.3 is 5.97 Å². The molecule has 1 unspecified atom stereocenters. The van der Waals surface area contributed by atoms with Crippen LogP contribution in [0.3, 0.4) is 0 Å². The number of esters is 1. The maximum Gasteiger partial charge on any atom is 0.321 e. The van der Waals surface area contributed by atoms with Crippen LogP contribution >= 0.6 is 15.9 Å². The maximum atomic E-state index is 11.6. The SMILES string of the molecule is CCC(Br)C(=O)OC1(C#N)CCCCC1. The molecule has 0 aromatic heterocycles. The quantitative estimate of drug-likeness (QED) is 0.587. The van der Waals surface area contributed by atoms with Gasteiger partial charge in [-0.25, -0.2) is 0 Å². The molecule has 1 atom stereocenters. The number of halogens is 1. The summed E-state index contributed by atoms with van der Waals surface area (Å²) >= 11 is 3.24. The second-order valence-corrected chi connectivity index (χ2v) is 5.07. The van der Waals surface area contributed by atoms with Crippen LogP contribution in [0.1, 0.15) is 45.4 Å². The molecule has 0 aliphatic heterocycles. The summed E-state index contributed by atoms with van der Waals surface area (Å²) in [6.07, 6.45) is 5.12. The van der Waals surface area contributed by atoms with E-state index in [2.05, 4.69) is 22.0 Å². The summed E-state index contributed by atoms with van der Waals surface area (Å²) in [6.45, 7) is 1.90. The molecule has 1 aliphatic carbocycles. The Labute approximate surface area is 98.9 Å². The summed E-state index contributed by atoms with van der Waals surface area (Å²) < 4.78 is 5.33. The number of carbonyl (C=O) groups is 1. The first-order valence-corrected chi connectivity index (χ1v) is 6.33. The zero-order chi connectivity index (χ0) is 11.3. The average molecular weight is 274 g/mol. The summed E-state index contributed by atoms with van der Waals surface area (Å²) in [5.41, 5.74) is -0.851. The van der Waals surface area contributed by atoms with Gasteiger partial charge in [0.25, 0.3) is 0 Å². The van der Waals surface area contributed by atoms with Gasteiger partial charge in [-0.1, -0.05) is 29.3 Å². The minimum atomic E-state index is -0.851. The molecule has 0 heterocycles. The second kappa shape index (κ2) is 5.50. The Morgan fingerprint density at radius 3 is 2.60 bits per heavy atom. The van der Waals surface area contributed by atoms with Gasteiger partial charge in [0.15, 0.2) is 5.60 Å².